The van der Waals surface area contributed by atoms with Crippen molar-refractivity contribution >= 4 is 35.1 Å². The summed E-state index contributed by atoms with van der Waals surface area (Å²) in [4.78, 5) is 38.8. The Balaban J connectivity index is 1.30. The normalized spacial score (nSPS) is 15.9. The van der Waals surface area contributed by atoms with E-state index in [1.807, 2.05) is 59.5 Å². The number of rotatable bonds is 7. The number of nitrogens with zero attached hydrogens (tertiary/aromatic N) is 5. The Kier molecular flexibility index (Phi) is 8.70. The van der Waals surface area contributed by atoms with Gasteiger partial charge in [0.05, 0.1) is 6.20 Å². The lowest BCUT2D eigenvalue weighted by atomic mass is 10.1. The van der Waals surface area contributed by atoms with Gasteiger partial charge in [0.15, 0.2) is 11.6 Å². The van der Waals surface area contributed by atoms with E-state index < -0.39 is 11.9 Å². The number of hydrogen-bond donors (Lipinski definition) is 2. The van der Waals surface area contributed by atoms with Crippen molar-refractivity contribution in [3.63, 3.8) is 0 Å². The first-order valence-corrected chi connectivity index (χ1v) is 13.6. The first-order chi connectivity index (χ1) is 19.5. The molecule has 1 aromatic heterocycles. The molecule has 11 heteroatoms. The number of carbonyl (C=O) groups is 2. The number of ether oxygens (including phenoxy) is 1. The predicted octanol–water partition coefficient (Wildman–Crippen LogP) is 3.92. The summed E-state index contributed by atoms with van der Waals surface area (Å²) in [6.07, 6.45) is 1.73. The van der Waals surface area contributed by atoms with Gasteiger partial charge >= 0.3 is 6.09 Å². The molecule has 0 aliphatic carbocycles. The molecule has 2 fully saturated rings. The number of hydrogen-bond acceptors (Lipinski definition) is 8. The van der Waals surface area contributed by atoms with Gasteiger partial charge in [0.25, 0.3) is 0 Å². The minimum Gasteiger partial charge on any atom is -0.444 e. The van der Waals surface area contributed by atoms with Gasteiger partial charge in [0.2, 0.25) is 11.9 Å². The maximum atomic E-state index is 15.1. The monoisotopic (exact) mass is 547 g/mol. The highest BCUT2D eigenvalue weighted by Crippen LogP contribution is 2.27. The van der Waals surface area contributed by atoms with E-state index in [1.165, 1.54) is 4.90 Å². The summed E-state index contributed by atoms with van der Waals surface area (Å²) in [6.45, 7) is 6.02. The first-order valence-electron chi connectivity index (χ1n) is 13.6. The molecule has 2 aliphatic rings. The summed E-state index contributed by atoms with van der Waals surface area (Å²) in [5.74, 6) is -0.529. The van der Waals surface area contributed by atoms with Crippen LogP contribution in [-0.2, 0) is 16.1 Å². The molecule has 0 saturated carbocycles. The minimum absolute atomic E-state index is 0.0785. The average molecular weight is 548 g/mol. The molecule has 210 valence electrons. The lowest BCUT2D eigenvalue weighted by Crippen LogP contribution is -2.48. The summed E-state index contributed by atoms with van der Waals surface area (Å²) in [5, 5.41) is 6.40. The van der Waals surface area contributed by atoms with E-state index in [1.54, 1.807) is 6.92 Å². The fraction of sp³-hybridized carbons (Fsp3) is 0.379. The zero-order valence-electron chi connectivity index (χ0n) is 22.6. The van der Waals surface area contributed by atoms with Crippen molar-refractivity contribution in [2.24, 2.45) is 0 Å². The summed E-state index contributed by atoms with van der Waals surface area (Å²) in [6, 6.07) is 16.9. The molecule has 0 bridgehead atoms. The molecule has 3 aromatic rings. The third kappa shape index (κ3) is 6.66. The zero-order chi connectivity index (χ0) is 27.9. The maximum absolute atomic E-state index is 15.1. The van der Waals surface area contributed by atoms with Crippen molar-refractivity contribution in [1.29, 1.82) is 0 Å². The molecule has 0 radical (unpaired) electrons. The van der Waals surface area contributed by atoms with Crippen LogP contribution in [0.1, 0.15) is 25.3 Å². The van der Waals surface area contributed by atoms with E-state index in [9.17, 15) is 9.59 Å². The van der Waals surface area contributed by atoms with Crippen LogP contribution in [0.15, 0.2) is 60.8 Å². The van der Waals surface area contributed by atoms with Crippen LogP contribution in [0.5, 0.6) is 0 Å². The van der Waals surface area contributed by atoms with Gasteiger partial charge in [-0.25, -0.2) is 14.2 Å². The van der Waals surface area contributed by atoms with Crippen LogP contribution in [0.3, 0.4) is 0 Å². The molecule has 0 atom stereocenters. The van der Waals surface area contributed by atoms with Gasteiger partial charge < -0.3 is 25.2 Å². The predicted molar refractivity (Wildman–Crippen MR) is 151 cm³/mol. The standard InChI is InChI=1S/C29H34FN7O3/c1-21(38)35-15-17-36(18-16-35)24-9-7-23(8-10-24)33-28-32-19-26(30)27(34-28)37(25-11-13-31-14-12-25)29(39)40-20-22-5-3-2-4-6-22/h2-10,19,25,31H,11-18,20H2,1H3,(H,32,33,34). The molecule has 0 unspecified atom stereocenters. The Labute approximate surface area is 233 Å². The molecule has 0 spiro atoms. The van der Waals surface area contributed by atoms with Crippen molar-refractivity contribution < 1.29 is 18.7 Å². The molecular weight excluding hydrogens is 513 g/mol. The average Bonchev–Trinajstić information content (AvgIpc) is 2.99. The van der Waals surface area contributed by atoms with Crippen LogP contribution >= 0.6 is 0 Å². The Morgan fingerprint density at radius 2 is 1.75 bits per heavy atom. The van der Waals surface area contributed by atoms with Crippen molar-refractivity contribution in [1.82, 2.24) is 20.2 Å². The number of piperazine rings is 1. The SMILES string of the molecule is CC(=O)N1CCN(c2ccc(Nc3ncc(F)c(N(C(=O)OCc4ccccc4)C4CCNCC4)n3)cc2)CC1. The number of amides is 2. The molecular formula is C29H34FN7O3. The maximum Gasteiger partial charge on any atom is 0.416 e. The Morgan fingerprint density at radius 3 is 2.42 bits per heavy atom. The highest BCUT2D eigenvalue weighted by Gasteiger charge is 2.32. The van der Waals surface area contributed by atoms with Gasteiger partial charge in [-0.05, 0) is 55.8 Å². The summed E-state index contributed by atoms with van der Waals surface area (Å²) in [5.41, 5.74) is 2.62. The second kappa shape index (κ2) is 12.7. The van der Waals surface area contributed by atoms with E-state index in [4.69, 9.17) is 4.74 Å². The van der Waals surface area contributed by atoms with Crippen molar-refractivity contribution in [2.45, 2.75) is 32.4 Å². The van der Waals surface area contributed by atoms with E-state index in [-0.39, 0.29) is 30.3 Å². The zero-order valence-corrected chi connectivity index (χ0v) is 22.6. The molecule has 2 aromatic carbocycles. The van der Waals surface area contributed by atoms with Crippen LogP contribution < -0.4 is 20.4 Å². The number of piperidine rings is 1. The Morgan fingerprint density at radius 1 is 1.05 bits per heavy atom. The molecule has 3 heterocycles. The largest absolute Gasteiger partial charge is 0.444 e. The molecule has 2 amide bonds. The Hall–Kier alpha value is -4.25. The molecule has 2 saturated heterocycles. The van der Waals surface area contributed by atoms with E-state index in [0.29, 0.717) is 39.0 Å². The van der Waals surface area contributed by atoms with Crippen molar-refractivity contribution in [2.75, 3.05) is 54.4 Å². The van der Waals surface area contributed by atoms with Gasteiger partial charge in [0.1, 0.15) is 6.61 Å². The number of aromatic nitrogens is 2. The molecule has 5 rings (SSSR count). The number of carbonyl (C=O) groups excluding carboxylic acids is 2. The molecule has 40 heavy (non-hydrogen) atoms. The third-order valence-electron chi connectivity index (χ3n) is 7.24. The summed E-state index contributed by atoms with van der Waals surface area (Å²) >= 11 is 0. The smallest absolute Gasteiger partial charge is 0.416 e. The fourth-order valence-electron chi connectivity index (χ4n) is 5.01. The van der Waals surface area contributed by atoms with Gasteiger partial charge in [-0.3, -0.25) is 9.69 Å². The van der Waals surface area contributed by atoms with E-state index >= 15 is 4.39 Å². The van der Waals surface area contributed by atoms with Gasteiger partial charge in [-0.2, -0.15) is 4.98 Å². The van der Waals surface area contributed by atoms with E-state index in [0.717, 1.165) is 36.2 Å². The number of halogens is 1. The topological polar surface area (TPSA) is 103 Å². The third-order valence-corrected chi connectivity index (χ3v) is 7.24. The number of nitrogens with one attached hydrogen (secondary N) is 2. The van der Waals surface area contributed by atoms with Crippen molar-refractivity contribution in [3.05, 3.63) is 72.2 Å². The molecule has 10 nitrogen and oxygen atoms in total. The highest BCUT2D eigenvalue weighted by molar-refractivity contribution is 5.87. The number of anilines is 4. The summed E-state index contributed by atoms with van der Waals surface area (Å²) in [7, 11) is 0. The van der Waals surface area contributed by atoms with Gasteiger partial charge in [0, 0.05) is 50.5 Å². The second-order valence-corrected chi connectivity index (χ2v) is 9.92. The lowest BCUT2D eigenvalue weighted by molar-refractivity contribution is -0.129. The summed E-state index contributed by atoms with van der Waals surface area (Å²) < 4.78 is 20.7. The van der Waals surface area contributed by atoms with Crippen molar-refractivity contribution in [3.8, 4) is 0 Å². The van der Waals surface area contributed by atoms with Gasteiger partial charge in [-0.1, -0.05) is 30.3 Å². The first kappa shape index (κ1) is 27.3. The quantitative estimate of drug-likeness (QED) is 0.459. The molecule has 2 N–H and O–H groups in total. The number of benzene rings is 2. The van der Waals surface area contributed by atoms with Crippen LogP contribution in [0.4, 0.5) is 32.3 Å². The lowest BCUT2D eigenvalue weighted by Gasteiger charge is -2.35. The van der Waals surface area contributed by atoms with Crippen LogP contribution in [0.25, 0.3) is 0 Å². The highest BCUT2D eigenvalue weighted by atomic mass is 19.1. The Bertz CT molecular complexity index is 1290. The van der Waals surface area contributed by atoms with Crippen LogP contribution in [0.2, 0.25) is 0 Å². The second-order valence-electron chi connectivity index (χ2n) is 9.92. The fourth-order valence-corrected chi connectivity index (χ4v) is 5.01. The molecule has 2 aliphatic heterocycles. The van der Waals surface area contributed by atoms with Crippen LogP contribution in [-0.4, -0.2) is 72.2 Å². The van der Waals surface area contributed by atoms with Gasteiger partial charge in [-0.15, -0.1) is 0 Å². The minimum atomic E-state index is -0.694. The van der Waals surface area contributed by atoms with E-state index in [2.05, 4.69) is 25.5 Å². The van der Waals surface area contributed by atoms with Crippen LogP contribution in [0, 0.1) is 5.82 Å².